The van der Waals surface area contributed by atoms with Crippen LogP contribution in [0.3, 0.4) is 0 Å². The maximum atomic E-state index is 12.4. The Labute approximate surface area is 259 Å². The molecule has 4 heterocycles. The van der Waals surface area contributed by atoms with Crippen molar-refractivity contribution < 1.29 is 9.59 Å². The van der Waals surface area contributed by atoms with Crippen molar-refractivity contribution in [3.8, 4) is 22.8 Å². The molecule has 4 rings (SSSR count). The summed E-state index contributed by atoms with van der Waals surface area (Å²) in [5.74, 6) is -1.19. The Morgan fingerprint density at radius 2 is 1.05 bits per heavy atom. The lowest BCUT2D eigenvalue weighted by Gasteiger charge is -2.25. The second kappa shape index (κ2) is 16.9. The zero-order chi connectivity index (χ0) is 31.1. The van der Waals surface area contributed by atoms with Crippen LogP contribution in [0.2, 0.25) is 0 Å². The number of nitrogens with zero attached hydrogens (tertiary/aromatic N) is 5. The molecule has 0 spiro atoms. The Balaban J connectivity index is 1.29. The first-order valence-electron chi connectivity index (χ1n) is 15.2. The average molecular weight is 595 g/mol. The van der Waals surface area contributed by atoms with Crippen molar-refractivity contribution in [2.24, 2.45) is 29.0 Å². The summed E-state index contributed by atoms with van der Waals surface area (Å²) in [6.07, 6.45) is 10.9. The maximum Gasteiger partial charge on any atom is 0.220 e. The van der Waals surface area contributed by atoms with Crippen LogP contribution in [-0.2, 0) is 22.4 Å². The SMILES string of the molecule is NCCN(CCC(CCc1ccnc(-c2ccccn2)c1)C(N)=O)CCC(CCc1ccnc(-c2ccccn2)c1)C(N)=O. The Hall–Kier alpha value is -4.54. The van der Waals surface area contributed by atoms with E-state index in [0.717, 1.165) is 33.9 Å². The number of aromatic nitrogens is 4. The van der Waals surface area contributed by atoms with Crippen LogP contribution in [0.4, 0.5) is 0 Å². The van der Waals surface area contributed by atoms with Gasteiger partial charge in [-0.15, -0.1) is 0 Å². The summed E-state index contributed by atoms with van der Waals surface area (Å²) in [5.41, 5.74) is 22.9. The van der Waals surface area contributed by atoms with Gasteiger partial charge in [-0.05, 0) is 111 Å². The number of amides is 2. The van der Waals surface area contributed by atoms with Gasteiger partial charge in [-0.3, -0.25) is 29.5 Å². The minimum absolute atomic E-state index is 0.284. The molecule has 6 N–H and O–H groups in total. The fraction of sp³-hybridized carbons (Fsp3) is 0.353. The van der Waals surface area contributed by atoms with E-state index in [1.807, 2.05) is 60.7 Å². The summed E-state index contributed by atoms with van der Waals surface area (Å²) in [4.78, 5) is 44.5. The van der Waals surface area contributed by atoms with Gasteiger partial charge in [-0.2, -0.15) is 0 Å². The van der Waals surface area contributed by atoms with Gasteiger partial charge in [-0.25, -0.2) is 0 Å². The highest BCUT2D eigenvalue weighted by molar-refractivity contribution is 5.77. The van der Waals surface area contributed by atoms with Crippen molar-refractivity contribution in [2.45, 2.75) is 38.5 Å². The van der Waals surface area contributed by atoms with Crippen molar-refractivity contribution in [2.75, 3.05) is 26.2 Å². The molecule has 0 aliphatic carbocycles. The van der Waals surface area contributed by atoms with Crippen molar-refractivity contribution in [3.63, 3.8) is 0 Å². The molecule has 4 aromatic heterocycles. The standard InChI is InChI=1S/C34H42N8O2/c35-15-22-42(20-13-27(33(36)43)9-7-25-11-18-40-31(23-25)29-5-1-3-16-38-29)21-14-28(34(37)44)10-8-26-12-19-41-32(24-26)30-6-2-4-17-39-30/h1-6,11-12,16-19,23-24,27-28H,7-10,13-15,20-22,35H2,(H2,36,43)(H2,37,44). The average Bonchev–Trinajstić information content (AvgIpc) is 3.05. The quantitative estimate of drug-likeness (QED) is 0.158. The molecule has 0 aromatic carbocycles. The largest absolute Gasteiger partial charge is 0.369 e. The molecule has 0 fully saturated rings. The van der Waals surface area contributed by atoms with Gasteiger partial charge in [0.15, 0.2) is 0 Å². The summed E-state index contributed by atoms with van der Waals surface area (Å²) in [7, 11) is 0. The lowest BCUT2D eigenvalue weighted by Crippen LogP contribution is -2.36. The van der Waals surface area contributed by atoms with Gasteiger partial charge >= 0.3 is 0 Å². The highest BCUT2D eigenvalue weighted by atomic mass is 16.1. The van der Waals surface area contributed by atoms with E-state index in [1.165, 1.54) is 0 Å². The normalized spacial score (nSPS) is 12.6. The zero-order valence-corrected chi connectivity index (χ0v) is 25.1. The van der Waals surface area contributed by atoms with Crippen LogP contribution in [0.15, 0.2) is 85.5 Å². The van der Waals surface area contributed by atoms with Gasteiger partial charge in [0.1, 0.15) is 0 Å². The number of primary amides is 2. The van der Waals surface area contributed by atoms with Gasteiger partial charge in [0.05, 0.1) is 22.8 Å². The fourth-order valence-electron chi connectivity index (χ4n) is 5.30. The molecule has 0 radical (unpaired) electrons. The number of hydrogen-bond donors (Lipinski definition) is 3. The highest BCUT2D eigenvalue weighted by Gasteiger charge is 2.20. The predicted octanol–water partition coefficient (Wildman–Crippen LogP) is 3.41. The second-order valence-corrected chi connectivity index (χ2v) is 11.0. The van der Waals surface area contributed by atoms with E-state index in [1.54, 1.807) is 24.8 Å². The summed E-state index contributed by atoms with van der Waals surface area (Å²) < 4.78 is 0. The Morgan fingerprint density at radius 1 is 0.591 bits per heavy atom. The number of aryl methyl sites for hydroxylation is 2. The highest BCUT2D eigenvalue weighted by Crippen LogP contribution is 2.21. The van der Waals surface area contributed by atoms with Crippen molar-refractivity contribution in [1.29, 1.82) is 0 Å². The molecule has 0 saturated carbocycles. The lowest BCUT2D eigenvalue weighted by atomic mass is 9.94. The number of carbonyl (C=O) groups excluding carboxylic acids is 2. The topological polar surface area (TPSA) is 167 Å². The smallest absolute Gasteiger partial charge is 0.220 e. The van der Waals surface area contributed by atoms with Crippen LogP contribution in [0.25, 0.3) is 22.8 Å². The maximum absolute atomic E-state index is 12.4. The number of pyridine rings is 4. The van der Waals surface area contributed by atoms with Gasteiger partial charge in [-0.1, -0.05) is 12.1 Å². The van der Waals surface area contributed by atoms with Crippen molar-refractivity contribution in [1.82, 2.24) is 24.8 Å². The summed E-state index contributed by atoms with van der Waals surface area (Å²) >= 11 is 0. The molecular formula is C34H42N8O2. The first-order chi connectivity index (χ1) is 21.4. The lowest BCUT2D eigenvalue weighted by molar-refractivity contribution is -0.122. The Bertz CT molecular complexity index is 1360. The van der Waals surface area contributed by atoms with Crippen LogP contribution in [-0.4, -0.2) is 62.8 Å². The van der Waals surface area contributed by atoms with Crippen molar-refractivity contribution >= 4 is 11.8 Å². The predicted molar refractivity (Wildman–Crippen MR) is 172 cm³/mol. The molecule has 0 bridgehead atoms. The van der Waals surface area contributed by atoms with Gasteiger partial charge in [0.2, 0.25) is 11.8 Å². The number of carbonyl (C=O) groups is 2. The molecule has 2 unspecified atom stereocenters. The molecule has 2 amide bonds. The van der Waals surface area contributed by atoms with Crippen LogP contribution in [0, 0.1) is 11.8 Å². The molecule has 0 aliphatic rings. The third-order valence-electron chi connectivity index (χ3n) is 7.90. The van der Waals surface area contributed by atoms with Crippen LogP contribution in [0.5, 0.6) is 0 Å². The third kappa shape index (κ3) is 10.0. The zero-order valence-electron chi connectivity index (χ0n) is 25.1. The Kier molecular flexibility index (Phi) is 12.5. The van der Waals surface area contributed by atoms with Crippen LogP contribution in [0.1, 0.15) is 36.8 Å². The molecule has 230 valence electrons. The Morgan fingerprint density at radius 3 is 1.43 bits per heavy atom. The van der Waals surface area contributed by atoms with E-state index in [9.17, 15) is 9.59 Å². The summed E-state index contributed by atoms with van der Waals surface area (Å²) in [6.45, 7) is 2.45. The van der Waals surface area contributed by atoms with Gasteiger partial charge in [0.25, 0.3) is 0 Å². The van der Waals surface area contributed by atoms with Gasteiger partial charge < -0.3 is 22.1 Å². The fourth-order valence-corrected chi connectivity index (χ4v) is 5.30. The van der Waals surface area contributed by atoms with E-state index < -0.39 is 0 Å². The number of nitrogens with two attached hydrogens (primary N) is 3. The molecule has 44 heavy (non-hydrogen) atoms. The second-order valence-electron chi connectivity index (χ2n) is 11.0. The number of hydrogen-bond acceptors (Lipinski definition) is 8. The van der Waals surface area contributed by atoms with E-state index in [0.29, 0.717) is 64.7 Å². The molecule has 4 aromatic rings. The molecule has 10 heteroatoms. The van der Waals surface area contributed by atoms with Crippen LogP contribution < -0.4 is 17.2 Å². The van der Waals surface area contributed by atoms with Crippen molar-refractivity contribution in [3.05, 3.63) is 96.6 Å². The van der Waals surface area contributed by atoms with E-state index in [2.05, 4.69) is 24.8 Å². The first-order valence-corrected chi connectivity index (χ1v) is 15.2. The third-order valence-corrected chi connectivity index (χ3v) is 7.90. The van der Waals surface area contributed by atoms with Gasteiger partial charge in [0, 0.05) is 49.7 Å². The summed E-state index contributed by atoms with van der Waals surface area (Å²) in [5, 5.41) is 0. The molecule has 0 saturated heterocycles. The minimum atomic E-state index is -0.311. The summed E-state index contributed by atoms with van der Waals surface area (Å²) in [6, 6.07) is 19.4. The monoisotopic (exact) mass is 594 g/mol. The molecular weight excluding hydrogens is 552 g/mol. The minimum Gasteiger partial charge on any atom is -0.369 e. The van der Waals surface area contributed by atoms with E-state index in [-0.39, 0.29) is 23.7 Å². The van der Waals surface area contributed by atoms with E-state index >= 15 is 0 Å². The van der Waals surface area contributed by atoms with Crippen LogP contribution >= 0.6 is 0 Å². The molecule has 0 aliphatic heterocycles. The first kappa shape index (κ1) is 32.4. The number of rotatable bonds is 18. The molecule has 10 nitrogen and oxygen atoms in total. The van der Waals surface area contributed by atoms with E-state index in [4.69, 9.17) is 17.2 Å². The molecule has 2 atom stereocenters.